The summed E-state index contributed by atoms with van der Waals surface area (Å²) in [5.41, 5.74) is 0.282. The molecule has 1 amide bonds. The van der Waals surface area contributed by atoms with Crippen molar-refractivity contribution in [3.05, 3.63) is 34.3 Å². The van der Waals surface area contributed by atoms with Crippen molar-refractivity contribution in [1.82, 2.24) is 10.3 Å². The van der Waals surface area contributed by atoms with Crippen LogP contribution >= 0.6 is 0 Å². The van der Waals surface area contributed by atoms with Crippen molar-refractivity contribution >= 4 is 34.4 Å². The minimum atomic E-state index is -0.914. The highest BCUT2D eigenvalue weighted by Crippen LogP contribution is 2.49. The van der Waals surface area contributed by atoms with Crippen molar-refractivity contribution in [1.29, 1.82) is 0 Å². The molecule has 10 heteroatoms. The first-order chi connectivity index (χ1) is 15.7. The zero-order valence-corrected chi connectivity index (χ0v) is 18.8. The predicted molar refractivity (Wildman–Crippen MR) is 118 cm³/mol. The number of aromatic nitrogens is 1. The molecule has 1 saturated carbocycles. The van der Waals surface area contributed by atoms with Crippen LogP contribution in [0.3, 0.4) is 0 Å². The molecule has 1 saturated heterocycles. The first-order valence-electron chi connectivity index (χ1n) is 11.0. The van der Waals surface area contributed by atoms with E-state index in [4.69, 9.17) is 13.9 Å². The lowest BCUT2D eigenvalue weighted by atomic mass is 9.98. The first kappa shape index (κ1) is 22.9. The van der Waals surface area contributed by atoms with Gasteiger partial charge < -0.3 is 24.5 Å². The van der Waals surface area contributed by atoms with E-state index < -0.39 is 29.9 Å². The van der Waals surface area contributed by atoms with E-state index in [1.54, 1.807) is 19.1 Å². The van der Waals surface area contributed by atoms with Gasteiger partial charge in [-0.25, -0.2) is 9.59 Å². The highest BCUT2D eigenvalue weighted by Gasteiger charge is 2.39. The van der Waals surface area contributed by atoms with Crippen LogP contribution in [-0.4, -0.2) is 54.5 Å². The van der Waals surface area contributed by atoms with Gasteiger partial charge in [-0.15, -0.1) is 0 Å². The van der Waals surface area contributed by atoms with Crippen LogP contribution in [0.5, 0.6) is 0 Å². The minimum absolute atomic E-state index is 0.0216. The third-order valence-corrected chi connectivity index (χ3v) is 6.41. The van der Waals surface area contributed by atoms with E-state index in [0.717, 1.165) is 19.3 Å². The maximum absolute atomic E-state index is 13.2. The molecule has 10 nitrogen and oxygen atoms in total. The van der Waals surface area contributed by atoms with Gasteiger partial charge in [0.15, 0.2) is 11.4 Å². The number of ether oxygens (including phenoxy) is 2. The van der Waals surface area contributed by atoms with Crippen LogP contribution in [-0.2, 0) is 19.1 Å². The number of nitrogens with one attached hydrogen (secondary N) is 2. The second-order valence-electron chi connectivity index (χ2n) is 8.99. The van der Waals surface area contributed by atoms with Crippen LogP contribution in [0.1, 0.15) is 49.9 Å². The van der Waals surface area contributed by atoms with Crippen molar-refractivity contribution in [2.75, 3.05) is 19.0 Å². The van der Waals surface area contributed by atoms with Gasteiger partial charge in [0.1, 0.15) is 29.6 Å². The summed E-state index contributed by atoms with van der Waals surface area (Å²) in [6.45, 7) is 3.93. The molecule has 0 spiro atoms. The summed E-state index contributed by atoms with van der Waals surface area (Å²) in [7, 11) is 1.23. The molecule has 2 aromatic rings. The summed E-state index contributed by atoms with van der Waals surface area (Å²) in [6, 6.07) is 3.24. The fraction of sp³-hybridized carbons (Fsp3) is 0.522. The Morgan fingerprint density at radius 1 is 1.30 bits per heavy atom. The molecule has 1 aromatic carbocycles. The molecule has 1 aliphatic carbocycles. The van der Waals surface area contributed by atoms with Gasteiger partial charge in [0, 0.05) is 0 Å². The number of carbonyl (C=O) groups is 3. The SMILES string of the molecule is COC(=O)c1cccc2c(NC(CCC3(C)CC3)C(=O)NC3COC(C)C3=O)nc(=O)oc12. The Morgan fingerprint density at radius 3 is 2.70 bits per heavy atom. The summed E-state index contributed by atoms with van der Waals surface area (Å²) in [4.78, 5) is 53.6. The van der Waals surface area contributed by atoms with Crippen LogP contribution in [0.15, 0.2) is 27.4 Å². The topological polar surface area (TPSA) is 137 Å². The van der Waals surface area contributed by atoms with Crippen molar-refractivity contribution in [3.63, 3.8) is 0 Å². The van der Waals surface area contributed by atoms with E-state index in [1.807, 2.05) is 0 Å². The number of rotatable bonds is 8. The molecule has 33 heavy (non-hydrogen) atoms. The second-order valence-corrected chi connectivity index (χ2v) is 8.99. The van der Waals surface area contributed by atoms with Crippen LogP contribution in [0.2, 0.25) is 0 Å². The molecule has 2 aliphatic rings. The van der Waals surface area contributed by atoms with Gasteiger partial charge in [0.2, 0.25) is 5.91 Å². The average Bonchev–Trinajstić information content (AvgIpc) is 3.46. The number of hydrogen-bond acceptors (Lipinski definition) is 9. The smallest absolute Gasteiger partial charge is 0.441 e. The number of ketones is 1. The lowest BCUT2D eigenvalue weighted by Gasteiger charge is -2.22. The highest BCUT2D eigenvalue weighted by atomic mass is 16.5. The molecule has 0 radical (unpaired) electrons. The number of hydrogen-bond donors (Lipinski definition) is 2. The Morgan fingerprint density at radius 2 is 2.06 bits per heavy atom. The summed E-state index contributed by atoms with van der Waals surface area (Å²) in [5.74, 6) is -2.02. The van der Waals surface area contributed by atoms with Crippen molar-refractivity contribution in [2.24, 2.45) is 5.41 Å². The molecular formula is C23H27N3O7. The van der Waals surface area contributed by atoms with E-state index in [9.17, 15) is 19.2 Å². The third kappa shape index (κ3) is 4.90. The highest BCUT2D eigenvalue weighted by molar-refractivity contribution is 6.04. The average molecular weight is 457 g/mol. The molecular weight excluding hydrogens is 430 g/mol. The predicted octanol–water partition coefficient (Wildman–Crippen LogP) is 1.81. The minimum Gasteiger partial charge on any atom is -0.465 e. The van der Waals surface area contributed by atoms with Gasteiger partial charge in [-0.2, -0.15) is 4.98 Å². The molecule has 2 heterocycles. The first-order valence-corrected chi connectivity index (χ1v) is 11.0. The van der Waals surface area contributed by atoms with Crippen molar-refractivity contribution < 1.29 is 28.3 Å². The van der Waals surface area contributed by atoms with Crippen LogP contribution in [0.25, 0.3) is 11.0 Å². The largest absolute Gasteiger partial charge is 0.465 e. The molecule has 1 aromatic heterocycles. The number of methoxy groups -OCH3 is 1. The maximum atomic E-state index is 13.2. The monoisotopic (exact) mass is 457 g/mol. The fourth-order valence-electron chi connectivity index (χ4n) is 3.94. The Bertz CT molecular complexity index is 1150. The number of amides is 1. The maximum Gasteiger partial charge on any atom is 0.441 e. The van der Waals surface area contributed by atoms with Gasteiger partial charge >= 0.3 is 11.7 Å². The standard InChI is InChI=1S/C23H27N3O7/c1-12-17(27)16(11-32-12)25-20(28)15(7-8-23(2)9-10-23)24-19-13-5-4-6-14(21(29)31-3)18(13)33-22(30)26-19/h4-6,12,15-16H,7-11H2,1-3H3,(H,25,28)(H,24,26,30). The molecule has 1 aliphatic heterocycles. The Labute approximate surface area is 190 Å². The van der Waals surface area contributed by atoms with E-state index in [0.29, 0.717) is 11.8 Å². The number of Topliss-reactive ketones (excluding diaryl/α,β-unsaturated/α-hetero) is 1. The van der Waals surface area contributed by atoms with Gasteiger partial charge in [-0.3, -0.25) is 9.59 Å². The van der Waals surface area contributed by atoms with Crippen molar-refractivity contribution in [2.45, 2.75) is 57.7 Å². The number of anilines is 1. The summed E-state index contributed by atoms with van der Waals surface area (Å²) in [5, 5.41) is 6.18. The van der Waals surface area contributed by atoms with Crippen LogP contribution < -0.4 is 16.4 Å². The number of carbonyl (C=O) groups excluding carboxylic acids is 3. The number of nitrogens with zero attached hydrogens (tertiary/aromatic N) is 1. The van der Waals surface area contributed by atoms with Gasteiger partial charge in [0.05, 0.1) is 19.1 Å². The normalized spacial score (nSPS) is 22.1. The van der Waals surface area contributed by atoms with E-state index in [2.05, 4.69) is 22.5 Å². The summed E-state index contributed by atoms with van der Waals surface area (Å²) < 4.78 is 15.3. The zero-order valence-electron chi connectivity index (χ0n) is 18.8. The Hall–Kier alpha value is -3.27. The van der Waals surface area contributed by atoms with E-state index in [-0.39, 0.29) is 40.7 Å². The summed E-state index contributed by atoms with van der Waals surface area (Å²) in [6.07, 6.45) is 2.88. The molecule has 176 valence electrons. The van der Waals surface area contributed by atoms with E-state index >= 15 is 0 Å². The van der Waals surface area contributed by atoms with Crippen LogP contribution in [0.4, 0.5) is 5.82 Å². The lowest BCUT2D eigenvalue weighted by Crippen LogP contribution is -2.48. The molecule has 4 rings (SSSR count). The zero-order chi connectivity index (χ0) is 23.8. The van der Waals surface area contributed by atoms with E-state index in [1.165, 1.54) is 13.2 Å². The van der Waals surface area contributed by atoms with Crippen LogP contribution in [0, 0.1) is 5.41 Å². The van der Waals surface area contributed by atoms with Gasteiger partial charge in [-0.05, 0) is 50.2 Å². The Kier molecular flexibility index (Phi) is 6.20. The lowest BCUT2D eigenvalue weighted by molar-refractivity contribution is -0.127. The third-order valence-electron chi connectivity index (χ3n) is 6.41. The van der Waals surface area contributed by atoms with Gasteiger partial charge in [-0.1, -0.05) is 13.0 Å². The van der Waals surface area contributed by atoms with Crippen molar-refractivity contribution in [3.8, 4) is 0 Å². The molecule has 0 bridgehead atoms. The molecule has 3 atom stereocenters. The summed E-state index contributed by atoms with van der Waals surface area (Å²) >= 11 is 0. The number of para-hydroxylation sites is 1. The molecule has 3 unspecified atom stereocenters. The van der Waals surface area contributed by atoms with Gasteiger partial charge in [0.25, 0.3) is 0 Å². The number of benzene rings is 1. The fourth-order valence-corrected chi connectivity index (χ4v) is 3.94. The Balaban J connectivity index is 1.64. The second kappa shape index (κ2) is 8.93. The molecule has 2 N–H and O–H groups in total. The number of esters is 1. The number of fused-ring (bicyclic) bond motifs is 1. The molecule has 2 fully saturated rings. The quantitative estimate of drug-likeness (QED) is 0.569.